The lowest BCUT2D eigenvalue weighted by atomic mass is 10.1. The van der Waals surface area contributed by atoms with Gasteiger partial charge in [0.2, 0.25) is 0 Å². The van der Waals surface area contributed by atoms with Gasteiger partial charge in [0, 0.05) is 12.7 Å². The van der Waals surface area contributed by atoms with Crippen LogP contribution >= 0.6 is 0 Å². The van der Waals surface area contributed by atoms with E-state index < -0.39 is 11.7 Å². The molecule has 104 valence electrons. The average Bonchev–Trinajstić information content (AvgIpc) is 2.41. The Balaban J connectivity index is 1.93. The molecule has 0 unspecified atom stereocenters. The molecule has 5 heteroatoms. The predicted molar refractivity (Wildman–Crippen MR) is 71.4 cm³/mol. The van der Waals surface area contributed by atoms with Gasteiger partial charge in [0.25, 0.3) is 5.91 Å². The summed E-state index contributed by atoms with van der Waals surface area (Å²) < 4.78 is 26.3. The Morgan fingerprint density at radius 3 is 2.80 bits per heavy atom. The van der Waals surface area contributed by atoms with E-state index in [1.165, 1.54) is 24.4 Å². The third-order valence-corrected chi connectivity index (χ3v) is 3.00. The molecule has 1 heterocycles. The number of nitrogens with one attached hydrogen (secondary N) is 1. The van der Waals surface area contributed by atoms with Crippen molar-refractivity contribution in [3.05, 3.63) is 65.0 Å². The van der Waals surface area contributed by atoms with Crippen LogP contribution in [0, 0.1) is 18.6 Å². The minimum atomic E-state index is -0.650. The molecule has 0 aliphatic heterocycles. The molecule has 0 saturated heterocycles. The van der Waals surface area contributed by atoms with Crippen LogP contribution < -0.4 is 5.32 Å². The highest BCUT2D eigenvalue weighted by Gasteiger charge is 2.10. The molecule has 2 rings (SSSR count). The SMILES string of the molecule is Cc1cc(F)ccc1CCNC(=O)c1ccncc1F. The highest BCUT2D eigenvalue weighted by Crippen LogP contribution is 2.10. The lowest BCUT2D eigenvalue weighted by Gasteiger charge is -2.08. The molecule has 0 spiro atoms. The molecule has 0 radical (unpaired) electrons. The van der Waals surface area contributed by atoms with Crippen molar-refractivity contribution in [1.29, 1.82) is 0 Å². The first-order chi connectivity index (χ1) is 9.58. The second-order valence-electron chi connectivity index (χ2n) is 4.43. The number of aryl methyl sites for hydroxylation is 1. The maximum absolute atomic E-state index is 13.3. The van der Waals surface area contributed by atoms with Gasteiger partial charge in [-0.25, -0.2) is 8.78 Å². The zero-order valence-corrected chi connectivity index (χ0v) is 11.0. The molecule has 0 bridgehead atoms. The van der Waals surface area contributed by atoms with Gasteiger partial charge in [-0.05, 0) is 42.7 Å². The molecule has 1 aromatic carbocycles. The van der Waals surface area contributed by atoms with E-state index in [0.717, 1.165) is 17.3 Å². The molecule has 0 saturated carbocycles. The average molecular weight is 276 g/mol. The fourth-order valence-electron chi connectivity index (χ4n) is 1.91. The third-order valence-electron chi connectivity index (χ3n) is 3.00. The fraction of sp³-hybridized carbons (Fsp3) is 0.200. The molecule has 1 amide bonds. The Bertz CT molecular complexity index is 629. The summed E-state index contributed by atoms with van der Waals surface area (Å²) >= 11 is 0. The predicted octanol–water partition coefficient (Wildman–Crippen LogP) is 2.64. The van der Waals surface area contributed by atoms with Gasteiger partial charge in [-0.2, -0.15) is 0 Å². The van der Waals surface area contributed by atoms with E-state index >= 15 is 0 Å². The van der Waals surface area contributed by atoms with Crippen LogP contribution in [0.5, 0.6) is 0 Å². The number of benzene rings is 1. The lowest BCUT2D eigenvalue weighted by Crippen LogP contribution is -2.26. The Morgan fingerprint density at radius 1 is 1.30 bits per heavy atom. The van der Waals surface area contributed by atoms with Crippen LogP contribution in [0.4, 0.5) is 8.78 Å². The standard InChI is InChI=1S/C15H14F2N2O/c1-10-8-12(16)3-2-11(10)4-7-19-15(20)13-5-6-18-9-14(13)17/h2-3,5-6,8-9H,4,7H2,1H3,(H,19,20). The van der Waals surface area contributed by atoms with Crippen LogP contribution in [-0.2, 0) is 6.42 Å². The monoisotopic (exact) mass is 276 g/mol. The van der Waals surface area contributed by atoms with Gasteiger partial charge < -0.3 is 5.32 Å². The van der Waals surface area contributed by atoms with Gasteiger partial charge in [0.05, 0.1) is 11.8 Å². The highest BCUT2D eigenvalue weighted by atomic mass is 19.1. The maximum Gasteiger partial charge on any atom is 0.254 e. The molecule has 0 aliphatic carbocycles. The number of hydrogen-bond donors (Lipinski definition) is 1. The molecule has 1 aromatic heterocycles. The smallest absolute Gasteiger partial charge is 0.254 e. The summed E-state index contributed by atoms with van der Waals surface area (Å²) in [6, 6.07) is 5.84. The first-order valence-corrected chi connectivity index (χ1v) is 6.20. The molecule has 2 aromatic rings. The molecule has 1 N–H and O–H groups in total. The van der Waals surface area contributed by atoms with Crippen molar-refractivity contribution in [3.63, 3.8) is 0 Å². The van der Waals surface area contributed by atoms with E-state index in [9.17, 15) is 13.6 Å². The van der Waals surface area contributed by atoms with Crippen molar-refractivity contribution in [1.82, 2.24) is 10.3 Å². The molecular weight excluding hydrogens is 262 g/mol. The van der Waals surface area contributed by atoms with Gasteiger partial charge in [-0.15, -0.1) is 0 Å². The second kappa shape index (κ2) is 6.23. The lowest BCUT2D eigenvalue weighted by molar-refractivity contribution is 0.0950. The molecule has 0 atom stereocenters. The van der Waals surface area contributed by atoms with E-state index in [-0.39, 0.29) is 11.4 Å². The van der Waals surface area contributed by atoms with Crippen LogP contribution in [0.15, 0.2) is 36.7 Å². The number of amides is 1. The first kappa shape index (κ1) is 14.1. The number of halogens is 2. The molecule has 3 nitrogen and oxygen atoms in total. The van der Waals surface area contributed by atoms with E-state index in [4.69, 9.17) is 0 Å². The first-order valence-electron chi connectivity index (χ1n) is 6.20. The van der Waals surface area contributed by atoms with Gasteiger partial charge in [0.15, 0.2) is 5.82 Å². The Hall–Kier alpha value is -2.30. The third kappa shape index (κ3) is 3.38. The number of rotatable bonds is 4. The van der Waals surface area contributed by atoms with Crippen LogP contribution in [0.1, 0.15) is 21.5 Å². The molecular formula is C15H14F2N2O. The Morgan fingerprint density at radius 2 is 2.10 bits per heavy atom. The van der Waals surface area contributed by atoms with Gasteiger partial charge in [-0.1, -0.05) is 6.07 Å². The van der Waals surface area contributed by atoms with Gasteiger partial charge >= 0.3 is 0 Å². The van der Waals surface area contributed by atoms with E-state index in [1.807, 2.05) is 6.92 Å². The quantitative estimate of drug-likeness (QED) is 0.932. The van der Waals surface area contributed by atoms with E-state index in [2.05, 4.69) is 10.3 Å². The number of hydrogen-bond acceptors (Lipinski definition) is 2. The van der Waals surface area contributed by atoms with Gasteiger partial charge in [0.1, 0.15) is 5.82 Å². The van der Waals surface area contributed by atoms with Crippen molar-refractivity contribution >= 4 is 5.91 Å². The van der Waals surface area contributed by atoms with Crippen molar-refractivity contribution in [2.24, 2.45) is 0 Å². The number of carbonyl (C=O) groups is 1. The zero-order chi connectivity index (χ0) is 14.5. The van der Waals surface area contributed by atoms with Crippen molar-refractivity contribution in [2.45, 2.75) is 13.3 Å². The number of aromatic nitrogens is 1. The van der Waals surface area contributed by atoms with Gasteiger partial charge in [-0.3, -0.25) is 9.78 Å². The number of pyridine rings is 1. The minimum Gasteiger partial charge on any atom is -0.352 e. The van der Waals surface area contributed by atoms with Crippen molar-refractivity contribution in [3.8, 4) is 0 Å². The fourth-order valence-corrected chi connectivity index (χ4v) is 1.91. The topological polar surface area (TPSA) is 42.0 Å². The molecule has 20 heavy (non-hydrogen) atoms. The summed E-state index contributed by atoms with van der Waals surface area (Å²) in [5.74, 6) is -1.42. The Labute approximate surface area is 115 Å². The highest BCUT2D eigenvalue weighted by molar-refractivity contribution is 5.94. The Kier molecular flexibility index (Phi) is 4.40. The number of carbonyl (C=O) groups excluding carboxylic acids is 1. The van der Waals surface area contributed by atoms with Crippen LogP contribution in [0.25, 0.3) is 0 Å². The summed E-state index contributed by atoms with van der Waals surface area (Å²) in [5, 5.41) is 2.63. The zero-order valence-electron chi connectivity index (χ0n) is 11.0. The summed E-state index contributed by atoms with van der Waals surface area (Å²) in [7, 11) is 0. The summed E-state index contributed by atoms with van der Waals surface area (Å²) in [6.07, 6.45) is 2.92. The minimum absolute atomic E-state index is 0.0316. The van der Waals surface area contributed by atoms with Crippen LogP contribution in [0.2, 0.25) is 0 Å². The second-order valence-corrected chi connectivity index (χ2v) is 4.43. The maximum atomic E-state index is 13.3. The van der Waals surface area contributed by atoms with E-state index in [1.54, 1.807) is 6.07 Å². The summed E-state index contributed by atoms with van der Waals surface area (Å²) in [4.78, 5) is 15.3. The van der Waals surface area contributed by atoms with Crippen LogP contribution in [-0.4, -0.2) is 17.4 Å². The van der Waals surface area contributed by atoms with E-state index in [0.29, 0.717) is 13.0 Å². The molecule has 0 aliphatic rings. The number of nitrogens with zero attached hydrogens (tertiary/aromatic N) is 1. The van der Waals surface area contributed by atoms with Crippen LogP contribution in [0.3, 0.4) is 0 Å². The summed E-state index contributed by atoms with van der Waals surface area (Å²) in [6.45, 7) is 2.16. The van der Waals surface area contributed by atoms with Crippen molar-refractivity contribution < 1.29 is 13.6 Å². The largest absolute Gasteiger partial charge is 0.352 e. The van der Waals surface area contributed by atoms with Crippen molar-refractivity contribution in [2.75, 3.05) is 6.54 Å². The summed E-state index contributed by atoms with van der Waals surface area (Å²) in [5.41, 5.74) is 1.74. The molecule has 0 fully saturated rings. The normalized spacial score (nSPS) is 10.3.